The summed E-state index contributed by atoms with van der Waals surface area (Å²) in [6, 6.07) is 24.2. The van der Waals surface area contributed by atoms with Gasteiger partial charge in [0.1, 0.15) is 23.9 Å². The highest BCUT2D eigenvalue weighted by atomic mass is 35.5. The number of anilines is 5. The Morgan fingerprint density at radius 2 is 1.48 bits per heavy atom. The highest BCUT2D eigenvalue weighted by Crippen LogP contribution is 2.36. The zero-order valence-corrected chi connectivity index (χ0v) is 47.4. The molecule has 23 heteroatoms. The Hall–Kier alpha value is -8.21. The van der Waals surface area contributed by atoms with Gasteiger partial charge in [0.05, 0.1) is 60.6 Å². The fourth-order valence-corrected chi connectivity index (χ4v) is 10.8. The summed E-state index contributed by atoms with van der Waals surface area (Å²) in [7, 11) is 2.80. The van der Waals surface area contributed by atoms with Gasteiger partial charge in [-0.1, -0.05) is 55.1 Å². The van der Waals surface area contributed by atoms with Gasteiger partial charge in [0.15, 0.2) is 5.82 Å². The summed E-state index contributed by atoms with van der Waals surface area (Å²) >= 11 is 6.43. The van der Waals surface area contributed by atoms with Crippen molar-refractivity contribution in [2.24, 2.45) is 5.92 Å². The van der Waals surface area contributed by atoms with Crippen LogP contribution in [0.5, 0.6) is 0 Å². The van der Waals surface area contributed by atoms with Crippen molar-refractivity contribution >= 4 is 91.8 Å². The lowest BCUT2D eigenvalue weighted by Crippen LogP contribution is -2.46. The van der Waals surface area contributed by atoms with Crippen molar-refractivity contribution in [3.63, 3.8) is 0 Å². The third kappa shape index (κ3) is 15.2. The largest absolute Gasteiger partial charge is 0.468 e. The van der Waals surface area contributed by atoms with Crippen LogP contribution in [-0.2, 0) is 37.0 Å². The fraction of sp³-hybridized carbons (Fsp3) is 0.407. The molecule has 0 atom stereocenters. The number of nitrogens with zero attached hydrogens (tertiary/aromatic N) is 9. The molecule has 3 aromatic heterocycles. The number of hydrogen-bond acceptors (Lipinski definition) is 15. The van der Waals surface area contributed by atoms with E-state index in [1.807, 2.05) is 48.0 Å². The number of ether oxygens (including phenoxy) is 1. The number of fused-ring (bicyclic) bond motifs is 2. The number of esters is 1. The van der Waals surface area contributed by atoms with Crippen LogP contribution < -0.4 is 36.8 Å². The smallest absolute Gasteiger partial charge is 0.325 e. The zero-order valence-electron chi connectivity index (χ0n) is 46.6. The van der Waals surface area contributed by atoms with E-state index in [-0.39, 0.29) is 31.4 Å². The van der Waals surface area contributed by atoms with Crippen molar-refractivity contribution in [3.8, 4) is 11.1 Å². The zero-order chi connectivity index (χ0) is 57.5. The van der Waals surface area contributed by atoms with Crippen molar-refractivity contribution in [2.75, 3.05) is 102 Å². The van der Waals surface area contributed by atoms with Crippen LogP contribution in [0.3, 0.4) is 0 Å². The highest BCUT2D eigenvalue weighted by Gasteiger charge is 2.24. The van der Waals surface area contributed by atoms with Crippen molar-refractivity contribution in [1.29, 1.82) is 0 Å². The Morgan fingerprint density at radius 1 is 0.732 bits per heavy atom. The van der Waals surface area contributed by atoms with Crippen LogP contribution in [0.4, 0.5) is 33.2 Å². The first-order chi connectivity index (χ1) is 39.8. The van der Waals surface area contributed by atoms with Gasteiger partial charge in [-0.3, -0.25) is 43.1 Å². The van der Waals surface area contributed by atoms with Crippen LogP contribution in [0.2, 0.25) is 5.02 Å². The van der Waals surface area contributed by atoms with E-state index in [0.717, 1.165) is 95.5 Å². The van der Waals surface area contributed by atoms with Crippen molar-refractivity contribution in [3.05, 3.63) is 113 Å². The first-order valence-electron chi connectivity index (χ1n) is 28.0. The van der Waals surface area contributed by atoms with E-state index in [2.05, 4.69) is 83.6 Å². The number of nitrogens with one attached hydrogen (secondary N) is 6. The minimum atomic E-state index is -0.603. The average Bonchev–Trinajstić information content (AvgIpc) is 3.85. The lowest BCUT2D eigenvalue weighted by Gasteiger charge is -2.36. The van der Waals surface area contributed by atoms with Crippen molar-refractivity contribution in [1.82, 2.24) is 60.6 Å². The molecule has 4 amide bonds. The van der Waals surface area contributed by atoms with Crippen molar-refractivity contribution in [2.45, 2.75) is 65.0 Å². The maximum Gasteiger partial charge on any atom is 0.325 e. The van der Waals surface area contributed by atoms with Crippen LogP contribution in [0.25, 0.3) is 32.9 Å². The third-order valence-electron chi connectivity index (χ3n) is 15.1. The summed E-state index contributed by atoms with van der Waals surface area (Å²) < 4.78 is 23.9. The number of amides is 4. The Balaban J connectivity index is 0.639. The molecule has 2 aliphatic rings. The second-order valence-electron chi connectivity index (χ2n) is 20.8. The van der Waals surface area contributed by atoms with E-state index in [9.17, 15) is 24.0 Å². The van der Waals surface area contributed by atoms with E-state index in [0.29, 0.717) is 86.7 Å². The molecule has 2 aliphatic heterocycles. The molecule has 0 radical (unpaired) electrons. The van der Waals surface area contributed by atoms with Crippen LogP contribution in [0, 0.1) is 18.7 Å². The number of piperazine rings is 1. The summed E-state index contributed by atoms with van der Waals surface area (Å²) in [6.45, 7) is 9.42. The number of aromatic nitrogens is 6. The number of hydrogen-bond donors (Lipinski definition) is 6. The molecule has 0 aliphatic carbocycles. The van der Waals surface area contributed by atoms with Gasteiger partial charge in [-0.2, -0.15) is 15.2 Å². The Bertz CT molecular complexity index is 3380. The van der Waals surface area contributed by atoms with Gasteiger partial charge in [-0.05, 0) is 118 Å². The van der Waals surface area contributed by atoms with Gasteiger partial charge in [-0.25, -0.2) is 9.37 Å². The van der Waals surface area contributed by atoms with Gasteiger partial charge >= 0.3 is 5.97 Å². The van der Waals surface area contributed by atoms with E-state index in [1.54, 1.807) is 37.5 Å². The van der Waals surface area contributed by atoms with E-state index in [4.69, 9.17) is 11.6 Å². The fourth-order valence-electron chi connectivity index (χ4n) is 10.6. The molecule has 0 spiro atoms. The third-order valence-corrected chi connectivity index (χ3v) is 15.4. The molecular formula is C59H71ClFN15O6. The summed E-state index contributed by atoms with van der Waals surface area (Å²) in [5, 5.41) is 28.1. The molecule has 2 saturated heterocycles. The Kier molecular flexibility index (Phi) is 19.9. The molecule has 4 aromatic carbocycles. The summed E-state index contributed by atoms with van der Waals surface area (Å²) in [5.74, 6) is -1.05. The topological polar surface area (TPSA) is 238 Å². The molecule has 6 N–H and O–H groups in total. The first kappa shape index (κ1) is 58.4. The number of benzene rings is 4. The molecule has 82 heavy (non-hydrogen) atoms. The minimum absolute atomic E-state index is 0.0637. The van der Waals surface area contributed by atoms with Crippen LogP contribution >= 0.6 is 11.6 Å². The number of aryl methyl sites for hydroxylation is 1. The summed E-state index contributed by atoms with van der Waals surface area (Å²) in [4.78, 5) is 77.6. The second-order valence-corrected chi connectivity index (χ2v) is 21.2. The van der Waals surface area contributed by atoms with E-state index >= 15 is 4.39 Å². The average molecular weight is 1140 g/mol. The molecule has 0 unspecified atom stereocenters. The maximum atomic E-state index is 15.9. The molecule has 432 valence electrons. The molecule has 2 fully saturated rings. The summed E-state index contributed by atoms with van der Waals surface area (Å²) in [5.41, 5.74) is 6.17. The van der Waals surface area contributed by atoms with Gasteiger partial charge in [-0.15, -0.1) is 0 Å². The maximum absolute atomic E-state index is 15.9. The van der Waals surface area contributed by atoms with Gasteiger partial charge < -0.3 is 41.5 Å². The number of methoxy groups -OCH3 is 1. The monoisotopic (exact) mass is 1140 g/mol. The molecule has 7 aromatic rings. The van der Waals surface area contributed by atoms with Crippen LogP contribution in [-0.4, -0.2) is 155 Å². The lowest BCUT2D eigenvalue weighted by molar-refractivity contribution is -0.141. The number of unbranched alkanes of at least 4 members (excludes halogenated alkanes) is 4. The molecule has 9 rings (SSSR count). The number of rotatable bonds is 25. The second kappa shape index (κ2) is 28.0. The molecule has 0 bridgehead atoms. The number of halogens is 2. The van der Waals surface area contributed by atoms with Crippen LogP contribution in [0.15, 0.2) is 91.3 Å². The molecular weight excluding hydrogens is 1070 g/mol. The Morgan fingerprint density at radius 3 is 2.26 bits per heavy atom. The van der Waals surface area contributed by atoms with Gasteiger partial charge in [0.2, 0.25) is 23.7 Å². The number of carbonyl (C=O) groups excluding carboxylic acids is 5. The SMILES string of the molecule is CNC(=O)c1ccccc1Nc1nc(Nc2ccc(N3CCN(CCCCCCCNC(=O)CN4CCC(Cn5ncc6cc(F)c(-c7cccc8c7c(C)nn8CC(=O)NCC(=O)NCC(=O)OC)cc65)CC4)CC3)cc2)ncc1Cl. The number of likely N-dealkylation sites (tertiary alicyclic amines) is 1. The normalized spacial score (nSPS) is 14.2. The highest BCUT2D eigenvalue weighted by molar-refractivity contribution is 6.33. The predicted molar refractivity (Wildman–Crippen MR) is 315 cm³/mol. The predicted octanol–water partition coefficient (Wildman–Crippen LogP) is 6.80. The standard InChI is InChI=1S/C59H71ClFN15O6/c1-39-56-44(13-11-15-50(56)76(71-39)38-54(79)64-34-52(77)65-35-55(80)82-3)46-31-51-41(30-48(46)61)32-67-75(51)36-40-20-24-73(25-21-40)37-53(78)63-22-9-5-4-6-10-23-72-26-28-74(29-27-72)43-18-16-42(17-19-43)68-59-66-33-47(60)57(70-59)69-49-14-8-7-12-45(49)58(81)62-2/h7-8,11-19,30-33,40H,4-6,9-10,20-29,34-38H2,1-3H3,(H,62,81)(H,63,78)(H,64,79)(H,65,77)(H2,66,68,69,70). The lowest BCUT2D eigenvalue weighted by atomic mass is 9.96. The van der Waals surface area contributed by atoms with Gasteiger partial charge in [0.25, 0.3) is 5.91 Å². The first-order valence-corrected chi connectivity index (χ1v) is 28.4. The minimum Gasteiger partial charge on any atom is -0.468 e. The summed E-state index contributed by atoms with van der Waals surface area (Å²) in [6.07, 6.45) is 10.6. The molecule has 0 saturated carbocycles. The Labute approximate surface area is 480 Å². The molecule has 5 heterocycles. The quantitative estimate of drug-likeness (QED) is 0.0255. The van der Waals surface area contributed by atoms with Crippen LogP contribution in [0.1, 0.15) is 61.0 Å². The molecule has 21 nitrogen and oxygen atoms in total. The van der Waals surface area contributed by atoms with Gasteiger partial charge in [0, 0.05) is 74.0 Å². The van der Waals surface area contributed by atoms with E-state index in [1.165, 1.54) is 36.2 Å². The van der Waals surface area contributed by atoms with E-state index < -0.39 is 23.6 Å². The number of carbonyl (C=O) groups is 5. The number of para-hydroxylation sites is 1. The van der Waals surface area contributed by atoms with Crippen molar-refractivity contribution < 1.29 is 33.1 Å². The number of piperidine rings is 1.